The van der Waals surface area contributed by atoms with E-state index < -0.39 is 5.60 Å². The molecule has 1 amide bonds. The highest BCUT2D eigenvalue weighted by Crippen LogP contribution is 2.34. The normalized spacial score (nSPS) is 40.9. The van der Waals surface area contributed by atoms with E-state index >= 15 is 0 Å². The highest BCUT2D eigenvalue weighted by molar-refractivity contribution is 5.80. The van der Waals surface area contributed by atoms with Crippen molar-refractivity contribution in [3.63, 3.8) is 0 Å². The number of amides is 1. The fraction of sp³-hybridized carbons (Fsp3) is 0.933. The van der Waals surface area contributed by atoms with Crippen LogP contribution in [0.15, 0.2) is 0 Å². The zero-order valence-corrected chi connectivity index (χ0v) is 13.1. The Labute approximate surface area is 121 Å². The Kier molecular flexibility index (Phi) is 4.42. The lowest BCUT2D eigenvalue weighted by molar-refractivity contribution is -0.171. The first-order valence-corrected chi connectivity index (χ1v) is 7.48. The summed E-state index contributed by atoms with van der Waals surface area (Å²) in [4.78, 5) is 14.7. The maximum atomic E-state index is 12.8. The molecule has 5 unspecified atom stereocenters. The number of hydrogen-bond acceptors (Lipinski definition) is 4. The average molecular weight is 285 g/mol. The topological polar surface area (TPSA) is 59.0 Å². The lowest BCUT2D eigenvalue weighted by Crippen LogP contribution is -2.57. The van der Waals surface area contributed by atoms with Gasteiger partial charge in [-0.05, 0) is 33.6 Å². The molecule has 0 spiro atoms. The molecule has 0 aliphatic carbocycles. The molecule has 0 saturated carbocycles. The number of nitrogens with zero attached hydrogens (tertiary/aromatic N) is 1. The fourth-order valence-corrected chi connectivity index (χ4v) is 3.46. The molecule has 0 aromatic rings. The third-order valence-corrected chi connectivity index (χ3v) is 4.52. The van der Waals surface area contributed by atoms with Crippen molar-refractivity contribution in [2.45, 2.75) is 58.5 Å². The first-order valence-electron chi connectivity index (χ1n) is 7.48. The van der Waals surface area contributed by atoms with Crippen LogP contribution in [0.5, 0.6) is 0 Å². The molecule has 5 heteroatoms. The summed E-state index contributed by atoms with van der Waals surface area (Å²) in [6, 6.07) is 0. The summed E-state index contributed by atoms with van der Waals surface area (Å²) in [6.07, 6.45) is -0.235. The molecule has 2 aliphatic rings. The van der Waals surface area contributed by atoms with Crippen molar-refractivity contribution in [2.24, 2.45) is 11.8 Å². The molecule has 2 rings (SSSR count). The van der Waals surface area contributed by atoms with Gasteiger partial charge in [0.25, 0.3) is 0 Å². The van der Waals surface area contributed by atoms with E-state index in [4.69, 9.17) is 9.47 Å². The van der Waals surface area contributed by atoms with Crippen molar-refractivity contribution in [1.82, 2.24) is 4.90 Å². The van der Waals surface area contributed by atoms with Crippen LogP contribution in [0.3, 0.4) is 0 Å². The third kappa shape index (κ3) is 3.00. The van der Waals surface area contributed by atoms with Gasteiger partial charge < -0.3 is 19.5 Å². The molecule has 0 aromatic heterocycles. The smallest absolute Gasteiger partial charge is 0.228 e. The Morgan fingerprint density at radius 3 is 2.45 bits per heavy atom. The number of carbonyl (C=O) groups excluding carboxylic acids is 1. The number of rotatable bonds is 2. The van der Waals surface area contributed by atoms with Crippen LogP contribution in [0.1, 0.15) is 34.6 Å². The van der Waals surface area contributed by atoms with Crippen molar-refractivity contribution in [1.29, 1.82) is 0 Å². The van der Waals surface area contributed by atoms with Crippen molar-refractivity contribution >= 4 is 5.91 Å². The van der Waals surface area contributed by atoms with Gasteiger partial charge in [0.05, 0.1) is 36.4 Å². The van der Waals surface area contributed by atoms with Crippen LogP contribution in [-0.2, 0) is 14.3 Å². The lowest BCUT2D eigenvalue weighted by Gasteiger charge is -2.43. The minimum absolute atomic E-state index is 0.0500. The molecule has 116 valence electrons. The second-order valence-electron chi connectivity index (χ2n) is 6.83. The maximum absolute atomic E-state index is 12.8. The van der Waals surface area contributed by atoms with Gasteiger partial charge in [-0.1, -0.05) is 6.92 Å². The van der Waals surface area contributed by atoms with E-state index in [2.05, 4.69) is 6.92 Å². The highest BCUT2D eigenvalue weighted by atomic mass is 16.5. The molecule has 0 radical (unpaired) electrons. The molecule has 5 atom stereocenters. The second kappa shape index (κ2) is 5.62. The standard InChI is InChI=1S/C15H27NO4/c1-9-10(2)19-11(3)13(9)14(18)16-6-12(7-17)20-15(4,5)8-16/h9-13,17H,6-8H2,1-5H3. The molecule has 20 heavy (non-hydrogen) atoms. The SMILES string of the molecule is CC1OC(C)C(C(=O)N2CC(CO)OC(C)(C)C2)C1C. The maximum Gasteiger partial charge on any atom is 0.228 e. The van der Waals surface area contributed by atoms with Crippen molar-refractivity contribution in [3.8, 4) is 0 Å². The minimum Gasteiger partial charge on any atom is -0.394 e. The quantitative estimate of drug-likeness (QED) is 0.824. The van der Waals surface area contributed by atoms with Crippen LogP contribution in [-0.4, -0.2) is 59.5 Å². The summed E-state index contributed by atoms with van der Waals surface area (Å²) in [7, 11) is 0. The summed E-state index contributed by atoms with van der Waals surface area (Å²) in [5, 5.41) is 9.35. The Balaban J connectivity index is 2.12. The summed E-state index contributed by atoms with van der Waals surface area (Å²) in [6.45, 7) is 10.9. The van der Waals surface area contributed by atoms with E-state index in [1.54, 1.807) is 0 Å². The lowest BCUT2D eigenvalue weighted by atomic mass is 9.87. The molecule has 2 fully saturated rings. The van der Waals surface area contributed by atoms with E-state index in [9.17, 15) is 9.90 Å². The average Bonchev–Trinajstić information content (AvgIpc) is 2.60. The molecule has 5 nitrogen and oxygen atoms in total. The molecule has 0 bridgehead atoms. The molecule has 0 aromatic carbocycles. The number of aliphatic hydroxyl groups is 1. The van der Waals surface area contributed by atoms with Crippen LogP contribution >= 0.6 is 0 Å². The van der Waals surface area contributed by atoms with E-state index in [1.807, 2.05) is 32.6 Å². The number of aliphatic hydroxyl groups excluding tert-OH is 1. The molecular formula is C15H27NO4. The van der Waals surface area contributed by atoms with Crippen LogP contribution in [0.2, 0.25) is 0 Å². The monoisotopic (exact) mass is 285 g/mol. The summed E-state index contributed by atoms with van der Waals surface area (Å²) in [5.41, 5.74) is -0.418. The van der Waals surface area contributed by atoms with Gasteiger partial charge in [-0.2, -0.15) is 0 Å². The summed E-state index contributed by atoms with van der Waals surface area (Å²) in [5.74, 6) is 0.249. The summed E-state index contributed by atoms with van der Waals surface area (Å²) < 4.78 is 11.5. The molecule has 1 N–H and O–H groups in total. The van der Waals surface area contributed by atoms with Gasteiger partial charge in [0, 0.05) is 13.1 Å². The predicted molar refractivity (Wildman–Crippen MR) is 75.3 cm³/mol. The Morgan fingerprint density at radius 2 is 1.95 bits per heavy atom. The number of carbonyl (C=O) groups is 1. The second-order valence-corrected chi connectivity index (χ2v) is 6.83. The zero-order valence-electron chi connectivity index (χ0n) is 13.1. The fourth-order valence-electron chi connectivity index (χ4n) is 3.46. The van der Waals surface area contributed by atoms with E-state index in [0.717, 1.165) is 0 Å². The first-order chi connectivity index (χ1) is 9.25. The van der Waals surface area contributed by atoms with E-state index in [1.165, 1.54) is 0 Å². The third-order valence-electron chi connectivity index (χ3n) is 4.52. The first kappa shape index (κ1) is 15.7. The van der Waals surface area contributed by atoms with Gasteiger partial charge in [0.2, 0.25) is 5.91 Å². The van der Waals surface area contributed by atoms with Gasteiger partial charge in [-0.15, -0.1) is 0 Å². The molecule has 2 saturated heterocycles. The van der Waals surface area contributed by atoms with Crippen molar-refractivity contribution in [3.05, 3.63) is 0 Å². The van der Waals surface area contributed by atoms with Crippen molar-refractivity contribution in [2.75, 3.05) is 19.7 Å². The number of morpholine rings is 1. The van der Waals surface area contributed by atoms with Gasteiger partial charge >= 0.3 is 0 Å². The predicted octanol–water partition coefficient (Wildman–Crippen LogP) is 1.04. The summed E-state index contributed by atoms with van der Waals surface area (Å²) >= 11 is 0. The van der Waals surface area contributed by atoms with Crippen LogP contribution in [0.4, 0.5) is 0 Å². The Morgan fingerprint density at radius 1 is 1.30 bits per heavy atom. The Hall–Kier alpha value is -0.650. The van der Waals surface area contributed by atoms with Gasteiger partial charge in [0.15, 0.2) is 0 Å². The largest absolute Gasteiger partial charge is 0.394 e. The van der Waals surface area contributed by atoms with Gasteiger partial charge in [0.1, 0.15) is 0 Å². The molecule has 2 heterocycles. The van der Waals surface area contributed by atoms with E-state index in [-0.39, 0.29) is 42.7 Å². The molecule has 2 aliphatic heterocycles. The minimum atomic E-state index is -0.418. The number of hydrogen-bond donors (Lipinski definition) is 1. The van der Waals surface area contributed by atoms with Gasteiger partial charge in [-0.3, -0.25) is 4.79 Å². The van der Waals surface area contributed by atoms with Crippen molar-refractivity contribution < 1.29 is 19.4 Å². The van der Waals surface area contributed by atoms with E-state index in [0.29, 0.717) is 13.1 Å². The van der Waals surface area contributed by atoms with Crippen LogP contribution in [0.25, 0.3) is 0 Å². The Bertz CT molecular complexity index is 371. The highest BCUT2D eigenvalue weighted by Gasteiger charge is 2.45. The van der Waals surface area contributed by atoms with Crippen LogP contribution < -0.4 is 0 Å². The van der Waals surface area contributed by atoms with Crippen LogP contribution in [0, 0.1) is 11.8 Å². The molecular weight excluding hydrogens is 258 g/mol. The number of ether oxygens (including phenoxy) is 2. The zero-order chi connectivity index (χ0) is 15.1. The van der Waals surface area contributed by atoms with Gasteiger partial charge in [-0.25, -0.2) is 0 Å².